The maximum Gasteiger partial charge on any atom is 0.0542 e. The van der Waals surface area contributed by atoms with Crippen LogP contribution in [-0.2, 0) is 0 Å². The number of aliphatic hydroxyl groups excluding tert-OH is 1. The topological polar surface area (TPSA) is 20.2 Å². The lowest BCUT2D eigenvalue weighted by Gasteiger charge is -2.02. The predicted octanol–water partition coefficient (Wildman–Crippen LogP) is 10.7. The lowest BCUT2D eigenvalue weighted by atomic mass is 10.0. The first-order valence-electron chi connectivity index (χ1n) is 13.7. The Morgan fingerprint density at radius 2 is 0.706 bits per heavy atom. The zero-order valence-corrected chi connectivity index (χ0v) is 24.0. The highest BCUT2D eigenvalue weighted by atomic mass is 16.3. The van der Waals surface area contributed by atoms with E-state index in [9.17, 15) is 0 Å². The van der Waals surface area contributed by atoms with Crippen molar-refractivity contribution in [1.82, 2.24) is 0 Å². The molecule has 1 rings (SSSR count). The van der Waals surface area contributed by atoms with Crippen LogP contribution in [0, 0.1) is 0 Å². The highest BCUT2D eigenvalue weighted by Crippen LogP contribution is 2.17. The molecule has 0 aromatic rings. The Balaban J connectivity index is 0.00000244. The van der Waals surface area contributed by atoms with Crippen LogP contribution < -0.4 is 0 Å². The van der Waals surface area contributed by atoms with E-state index < -0.39 is 0 Å². The van der Waals surface area contributed by atoms with E-state index in [1.807, 2.05) is 0 Å². The fraction of sp³-hybridized carbons (Fsp3) is 0.636. The lowest BCUT2D eigenvalue weighted by Crippen LogP contribution is -1.82. The summed E-state index contributed by atoms with van der Waals surface area (Å²) in [6.07, 6.45) is 28.4. The van der Waals surface area contributed by atoms with Gasteiger partial charge < -0.3 is 5.11 Å². The lowest BCUT2D eigenvalue weighted by molar-refractivity contribution is 0.279. The molecule has 0 aromatic carbocycles. The Morgan fingerprint density at radius 3 is 0.941 bits per heavy atom. The molecule has 1 nitrogen and oxygen atoms in total. The molecule has 0 radical (unpaired) electrons. The van der Waals surface area contributed by atoms with Gasteiger partial charge in [0.25, 0.3) is 0 Å². The molecule has 0 amide bonds. The third-order valence-electron chi connectivity index (χ3n) is 5.94. The molecule has 1 fully saturated rings. The average Bonchev–Trinajstić information content (AvgIpc) is 3.53. The van der Waals surface area contributed by atoms with Gasteiger partial charge in [0.05, 0.1) is 6.10 Å². The standard InChI is InChI=1S/C30H50.C3H6O/c1-25(2)15-11-19-29(7)23-13-21-27(5)17-9-10-18-28(6)22-14-24-30(8)20-12-16-26(3)4;4-3-1-2-3/h15-18,23-24H,9-14,19-22H2,1-8H3;3-4H,1-2H2/b27-17+,28-18+,29-23+,30-24+;. The van der Waals surface area contributed by atoms with Gasteiger partial charge in [0.2, 0.25) is 0 Å². The molecule has 0 unspecified atom stereocenters. The molecule has 0 spiro atoms. The number of rotatable bonds is 15. The minimum atomic E-state index is 0.0833. The van der Waals surface area contributed by atoms with Crippen molar-refractivity contribution in [2.75, 3.05) is 0 Å². The molecule has 0 heterocycles. The molecule has 1 saturated carbocycles. The van der Waals surface area contributed by atoms with Gasteiger partial charge in [0, 0.05) is 0 Å². The number of hydrogen-bond acceptors (Lipinski definition) is 1. The predicted molar refractivity (Wildman–Crippen MR) is 155 cm³/mol. The Hall–Kier alpha value is -1.60. The minimum Gasteiger partial charge on any atom is -0.393 e. The zero-order chi connectivity index (χ0) is 25.8. The second-order valence-corrected chi connectivity index (χ2v) is 10.7. The Morgan fingerprint density at radius 1 is 0.471 bits per heavy atom. The van der Waals surface area contributed by atoms with Crippen LogP contribution >= 0.6 is 0 Å². The number of hydrogen-bond donors (Lipinski definition) is 1. The van der Waals surface area contributed by atoms with Crippen LogP contribution in [0.1, 0.15) is 132 Å². The summed E-state index contributed by atoms with van der Waals surface area (Å²) in [7, 11) is 0. The molecule has 0 aromatic heterocycles. The van der Waals surface area contributed by atoms with Gasteiger partial charge in [0.1, 0.15) is 0 Å². The maximum absolute atomic E-state index is 8.17. The minimum absolute atomic E-state index is 0.0833. The van der Waals surface area contributed by atoms with Crippen molar-refractivity contribution in [2.24, 2.45) is 0 Å². The summed E-state index contributed by atoms with van der Waals surface area (Å²) in [5, 5.41) is 8.17. The molecule has 1 aliphatic carbocycles. The van der Waals surface area contributed by atoms with E-state index in [-0.39, 0.29) is 6.10 Å². The number of aliphatic hydroxyl groups is 1. The molecule has 0 bridgehead atoms. The van der Waals surface area contributed by atoms with E-state index in [2.05, 4.69) is 91.8 Å². The SMILES string of the molecule is CC(C)=CCC/C(C)=C/CC/C(C)=C/CC/C=C(\C)CC/C=C(\C)CCC=C(C)C.OC1CC1. The highest BCUT2D eigenvalue weighted by Gasteiger charge is 2.15. The Bertz CT molecular complexity index is 654. The zero-order valence-electron chi connectivity index (χ0n) is 24.0. The summed E-state index contributed by atoms with van der Waals surface area (Å²) in [6.45, 7) is 17.8. The summed E-state index contributed by atoms with van der Waals surface area (Å²) in [6, 6.07) is 0. The smallest absolute Gasteiger partial charge is 0.0542 e. The average molecular weight is 469 g/mol. The normalized spacial score (nSPS) is 15.0. The van der Waals surface area contributed by atoms with E-state index >= 15 is 0 Å². The van der Waals surface area contributed by atoms with Crippen LogP contribution in [-0.4, -0.2) is 11.2 Å². The second kappa shape index (κ2) is 20.7. The van der Waals surface area contributed by atoms with Gasteiger partial charge in [-0.2, -0.15) is 0 Å². The quantitative estimate of drug-likeness (QED) is 0.187. The Kier molecular flexibility index (Phi) is 19.8. The third-order valence-corrected chi connectivity index (χ3v) is 5.94. The maximum atomic E-state index is 8.17. The summed E-state index contributed by atoms with van der Waals surface area (Å²) in [5.41, 5.74) is 8.97. The number of allylic oxidation sites excluding steroid dienone is 12. The van der Waals surface area contributed by atoms with Crippen molar-refractivity contribution in [3.63, 3.8) is 0 Å². The second-order valence-electron chi connectivity index (χ2n) is 10.7. The first-order chi connectivity index (χ1) is 16.1. The number of unbranched alkanes of at least 4 members (excludes halogenated alkanes) is 1. The van der Waals surface area contributed by atoms with Gasteiger partial charge >= 0.3 is 0 Å². The molecule has 194 valence electrons. The summed E-state index contributed by atoms with van der Waals surface area (Å²) >= 11 is 0. The van der Waals surface area contributed by atoms with Gasteiger partial charge in [-0.3, -0.25) is 0 Å². The molecular formula is C33H56O. The van der Waals surface area contributed by atoms with E-state index in [0.717, 1.165) is 12.8 Å². The van der Waals surface area contributed by atoms with E-state index in [1.165, 1.54) is 97.6 Å². The summed E-state index contributed by atoms with van der Waals surface area (Å²) in [5.74, 6) is 0. The van der Waals surface area contributed by atoms with Crippen LogP contribution in [0.15, 0.2) is 69.9 Å². The van der Waals surface area contributed by atoms with Gasteiger partial charge in [0.15, 0.2) is 0 Å². The first-order valence-corrected chi connectivity index (χ1v) is 13.7. The van der Waals surface area contributed by atoms with Gasteiger partial charge in [-0.05, 0) is 132 Å². The van der Waals surface area contributed by atoms with Crippen molar-refractivity contribution in [3.05, 3.63) is 69.9 Å². The largest absolute Gasteiger partial charge is 0.393 e. The van der Waals surface area contributed by atoms with E-state index in [4.69, 9.17) is 5.11 Å². The molecule has 1 N–H and O–H groups in total. The third kappa shape index (κ3) is 25.0. The summed E-state index contributed by atoms with van der Waals surface area (Å²) < 4.78 is 0. The molecular weight excluding hydrogens is 412 g/mol. The Labute approximate surface area is 213 Å². The first kappa shape index (κ1) is 32.4. The van der Waals surface area contributed by atoms with Crippen molar-refractivity contribution in [2.45, 2.75) is 139 Å². The van der Waals surface area contributed by atoms with Crippen molar-refractivity contribution in [3.8, 4) is 0 Å². The van der Waals surface area contributed by atoms with Gasteiger partial charge in [-0.15, -0.1) is 0 Å². The van der Waals surface area contributed by atoms with Crippen LogP contribution in [0.5, 0.6) is 0 Å². The van der Waals surface area contributed by atoms with Gasteiger partial charge in [-0.25, -0.2) is 0 Å². The summed E-state index contributed by atoms with van der Waals surface area (Å²) in [4.78, 5) is 0. The monoisotopic (exact) mass is 468 g/mol. The molecule has 1 aliphatic rings. The molecule has 0 atom stereocenters. The van der Waals surface area contributed by atoms with Crippen LogP contribution in [0.3, 0.4) is 0 Å². The fourth-order valence-corrected chi connectivity index (χ4v) is 3.41. The molecule has 34 heavy (non-hydrogen) atoms. The van der Waals surface area contributed by atoms with Crippen LogP contribution in [0.25, 0.3) is 0 Å². The fourth-order valence-electron chi connectivity index (χ4n) is 3.41. The highest BCUT2D eigenvalue weighted by molar-refractivity contribution is 5.08. The van der Waals surface area contributed by atoms with E-state index in [0.29, 0.717) is 0 Å². The van der Waals surface area contributed by atoms with Crippen molar-refractivity contribution in [1.29, 1.82) is 0 Å². The van der Waals surface area contributed by atoms with Gasteiger partial charge in [-0.1, -0.05) is 69.9 Å². The van der Waals surface area contributed by atoms with Crippen molar-refractivity contribution < 1.29 is 5.11 Å². The molecule has 0 aliphatic heterocycles. The van der Waals surface area contributed by atoms with Crippen LogP contribution in [0.2, 0.25) is 0 Å². The van der Waals surface area contributed by atoms with Crippen molar-refractivity contribution >= 4 is 0 Å². The molecule has 1 heteroatoms. The van der Waals surface area contributed by atoms with E-state index in [1.54, 1.807) is 0 Å². The molecule has 0 saturated heterocycles. The van der Waals surface area contributed by atoms with Crippen LogP contribution in [0.4, 0.5) is 0 Å².